The lowest BCUT2D eigenvalue weighted by atomic mass is 10.2. The van der Waals surface area contributed by atoms with Gasteiger partial charge in [0.15, 0.2) is 11.7 Å². The van der Waals surface area contributed by atoms with Crippen LogP contribution in [0.5, 0.6) is 0 Å². The Morgan fingerprint density at radius 1 is 1.26 bits per heavy atom. The maximum atomic E-state index is 11.0. The van der Waals surface area contributed by atoms with Crippen molar-refractivity contribution in [1.82, 2.24) is 10.2 Å². The monoisotopic (exact) mass is 285 g/mol. The van der Waals surface area contributed by atoms with Crippen molar-refractivity contribution in [3.05, 3.63) is 0 Å². The number of nitrogens with zero attached hydrogens (tertiary/aromatic N) is 3. The fourth-order valence-electron chi connectivity index (χ4n) is 1.32. The highest BCUT2D eigenvalue weighted by Gasteiger charge is 2.20. The highest BCUT2D eigenvalue weighted by Crippen LogP contribution is 2.03. The molecule has 0 unspecified atom stereocenters. The van der Waals surface area contributed by atoms with Crippen LogP contribution in [0, 0.1) is 11.8 Å². The van der Waals surface area contributed by atoms with Crippen LogP contribution in [-0.4, -0.2) is 52.2 Å². The van der Waals surface area contributed by atoms with Crippen LogP contribution in [0.15, 0.2) is 8.80 Å². The maximum Gasteiger partial charge on any atom is 0.367 e. The van der Waals surface area contributed by atoms with Gasteiger partial charge >= 0.3 is 10.2 Å². The molecule has 0 radical (unpaired) electrons. The Morgan fingerprint density at radius 3 is 2.58 bits per heavy atom. The third-order valence-electron chi connectivity index (χ3n) is 2.20. The molecule has 19 heavy (non-hydrogen) atoms. The number of amidine groups is 2. The van der Waals surface area contributed by atoms with Crippen LogP contribution in [0.25, 0.3) is 0 Å². The first-order valence-corrected chi connectivity index (χ1v) is 7.35. The number of unbranched alkanes of at least 4 members (excludes halogenated alkanes) is 2. The molecular formula is C11H19N5O2S. The predicted molar refractivity (Wildman–Crippen MR) is 76.2 cm³/mol. The van der Waals surface area contributed by atoms with E-state index in [0.717, 1.165) is 25.8 Å². The molecule has 1 aliphatic heterocycles. The number of nitrogens with two attached hydrogens (primary N) is 1. The lowest BCUT2D eigenvalue weighted by Crippen LogP contribution is -2.35. The quantitative estimate of drug-likeness (QED) is 0.515. The van der Waals surface area contributed by atoms with Crippen molar-refractivity contribution in [2.75, 3.05) is 27.2 Å². The van der Waals surface area contributed by atoms with Gasteiger partial charge in [0.05, 0.1) is 6.54 Å². The molecule has 8 heteroatoms. The first kappa shape index (κ1) is 15.5. The Kier molecular flexibility index (Phi) is 5.79. The summed E-state index contributed by atoms with van der Waals surface area (Å²) in [5.74, 6) is 6.18. The maximum absolute atomic E-state index is 11.0. The second-order valence-corrected chi connectivity index (χ2v) is 5.60. The summed E-state index contributed by atoms with van der Waals surface area (Å²) in [4.78, 5) is 2.01. The van der Waals surface area contributed by atoms with Crippen LogP contribution >= 0.6 is 0 Å². The first-order chi connectivity index (χ1) is 8.91. The fraction of sp³-hybridized carbons (Fsp3) is 0.636. The van der Waals surface area contributed by atoms with Gasteiger partial charge in [-0.1, -0.05) is 5.92 Å². The van der Waals surface area contributed by atoms with Crippen LogP contribution < -0.4 is 11.1 Å². The minimum Gasteiger partial charge on any atom is -0.380 e. The molecule has 0 saturated carbocycles. The number of rotatable bonds is 5. The van der Waals surface area contributed by atoms with Crippen molar-refractivity contribution in [3.63, 3.8) is 0 Å². The molecule has 0 aromatic carbocycles. The SMILES string of the molecule is CN(C)CC#CCCCCNC1=NS(=O)(=O)N=C1N. The minimum absolute atomic E-state index is 0.0780. The lowest BCUT2D eigenvalue weighted by Gasteiger charge is -2.03. The third-order valence-corrected chi connectivity index (χ3v) is 3.04. The van der Waals surface area contributed by atoms with Crippen molar-refractivity contribution >= 4 is 21.9 Å². The molecule has 0 saturated heterocycles. The minimum atomic E-state index is -3.75. The van der Waals surface area contributed by atoms with E-state index in [1.807, 2.05) is 19.0 Å². The zero-order valence-electron chi connectivity index (χ0n) is 11.2. The van der Waals surface area contributed by atoms with Gasteiger partial charge in [-0.2, -0.15) is 8.42 Å². The van der Waals surface area contributed by atoms with Gasteiger partial charge in [-0.15, -0.1) is 14.7 Å². The first-order valence-electron chi connectivity index (χ1n) is 5.96. The Balaban J connectivity index is 2.16. The largest absolute Gasteiger partial charge is 0.380 e. The van der Waals surface area contributed by atoms with Crippen molar-refractivity contribution in [3.8, 4) is 11.8 Å². The van der Waals surface area contributed by atoms with Gasteiger partial charge in [-0.25, -0.2) is 0 Å². The molecule has 1 aliphatic rings. The highest BCUT2D eigenvalue weighted by atomic mass is 32.2. The zero-order valence-corrected chi connectivity index (χ0v) is 12.0. The average Bonchev–Trinajstić information content (AvgIpc) is 2.55. The molecule has 7 nitrogen and oxygen atoms in total. The molecule has 0 aromatic rings. The molecule has 0 aliphatic carbocycles. The summed E-state index contributed by atoms with van der Waals surface area (Å²) >= 11 is 0. The van der Waals surface area contributed by atoms with E-state index < -0.39 is 10.2 Å². The molecule has 0 fully saturated rings. The van der Waals surface area contributed by atoms with Crippen molar-refractivity contribution < 1.29 is 8.42 Å². The van der Waals surface area contributed by atoms with Gasteiger partial charge in [-0.05, 0) is 26.9 Å². The van der Waals surface area contributed by atoms with Gasteiger partial charge in [0, 0.05) is 13.0 Å². The van der Waals surface area contributed by atoms with Crippen LogP contribution in [0.4, 0.5) is 0 Å². The van der Waals surface area contributed by atoms with E-state index in [2.05, 4.69) is 26.0 Å². The highest BCUT2D eigenvalue weighted by molar-refractivity contribution is 7.89. The topological polar surface area (TPSA) is 100 Å². The van der Waals surface area contributed by atoms with Crippen molar-refractivity contribution in [2.45, 2.75) is 19.3 Å². The van der Waals surface area contributed by atoms with E-state index >= 15 is 0 Å². The molecule has 0 aromatic heterocycles. The standard InChI is InChI=1S/C11H19N5O2S/c1-16(2)9-7-5-3-4-6-8-13-11-10(12)14-19(17,18)15-11/h3-4,6,8-9H2,1-2H3,(H2,12,14)(H,13,15). The van der Waals surface area contributed by atoms with Crippen molar-refractivity contribution in [1.29, 1.82) is 0 Å². The molecule has 0 amide bonds. The van der Waals surface area contributed by atoms with E-state index in [1.165, 1.54) is 0 Å². The summed E-state index contributed by atoms with van der Waals surface area (Å²) < 4.78 is 28.6. The predicted octanol–water partition coefficient (Wildman–Crippen LogP) is -0.675. The summed E-state index contributed by atoms with van der Waals surface area (Å²) in [5.41, 5.74) is 5.41. The van der Waals surface area contributed by atoms with Crippen LogP contribution in [0.2, 0.25) is 0 Å². The molecule has 1 rings (SSSR count). The van der Waals surface area contributed by atoms with Gasteiger partial charge in [0.25, 0.3) is 0 Å². The third kappa shape index (κ3) is 6.22. The molecule has 0 atom stereocenters. The van der Waals surface area contributed by atoms with Crippen LogP contribution in [0.1, 0.15) is 19.3 Å². The van der Waals surface area contributed by atoms with Gasteiger partial charge in [-0.3, -0.25) is 4.90 Å². The van der Waals surface area contributed by atoms with E-state index in [1.54, 1.807) is 0 Å². The number of hydrogen-bond donors (Lipinski definition) is 2. The molecule has 0 bridgehead atoms. The summed E-state index contributed by atoms with van der Waals surface area (Å²) in [6, 6.07) is 0. The van der Waals surface area contributed by atoms with Gasteiger partial charge in [0.1, 0.15) is 0 Å². The molecule has 3 N–H and O–H groups in total. The Labute approximate surface area is 114 Å². The van der Waals surface area contributed by atoms with E-state index in [0.29, 0.717) is 6.54 Å². The molecule has 106 valence electrons. The smallest absolute Gasteiger partial charge is 0.367 e. The van der Waals surface area contributed by atoms with Gasteiger partial charge < -0.3 is 11.1 Å². The summed E-state index contributed by atoms with van der Waals surface area (Å²) in [5, 5.41) is 2.85. The second kappa shape index (κ2) is 7.11. The Morgan fingerprint density at radius 2 is 2.00 bits per heavy atom. The van der Waals surface area contributed by atoms with E-state index in [4.69, 9.17) is 5.73 Å². The van der Waals surface area contributed by atoms with E-state index in [-0.39, 0.29) is 11.7 Å². The summed E-state index contributed by atoms with van der Waals surface area (Å²) in [6.07, 6.45) is 2.62. The normalized spacial score (nSPS) is 16.6. The Bertz CT molecular complexity index is 525. The molecule has 0 spiro atoms. The second-order valence-electron chi connectivity index (χ2n) is 4.34. The van der Waals surface area contributed by atoms with Gasteiger partial charge in [0.2, 0.25) is 0 Å². The lowest BCUT2D eigenvalue weighted by molar-refractivity contribution is 0.463. The Hall–Kier alpha value is -1.59. The average molecular weight is 285 g/mol. The molecular weight excluding hydrogens is 266 g/mol. The fourth-order valence-corrected chi connectivity index (χ4v) is 2.09. The molecule has 1 heterocycles. The summed E-state index contributed by atoms with van der Waals surface area (Å²) in [6.45, 7) is 1.36. The van der Waals surface area contributed by atoms with Crippen LogP contribution in [0.3, 0.4) is 0 Å². The van der Waals surface area contributed by atoms with E-state index in [9.17, 15) is 8.42 Å². The summed E-state index contributed by atoms with van der Waals surface area (Å²) in [7, 11) is 0.200. The number of hydrogen-bond acceptors (Lipinski definition) is 5. The zero-order chi connectivity index (χ0) is 14.3. The number of nitrogens with one attached hydrogen (secondary N) is 1. The van der Waals surface area contributed by atoms with Crippen LogP contribution in [-0.2, 0) is 10.2 Å². The van der Waals surface area contributed by atoms with Crippen molar-refractivity contribution in [2.24, 2.45) is 14.5 Å².